The molecule has 0 saturated carbocycles. The van der Waals surface area contributed by atoms with Crippen LogP contribution in [0.1, 0.15) is 30.5 Å². The Labute approximate surface area is 105 Å². The Hall–Kier alpha value is -1.56. The second-order valence-corrected chi connectivity index (χ2v) is 3.97. The first kappa shape index (κ1) is 13.5. The van der Waals surface area contributed by atoms with Crippen molar-refractivity contribution in [3.63, 3.8) is 0 Å². The molecule has 0 spiro atoms. The molecule has 0 bridgehead atoms. The van der Waals surface area contributed by atoms with Gasteiger partial charge in [-0.1, -0.05) is 74.0 Å². The number of benzene rings is 2. The van der Waals surface area contributed by atoms with E-state index in [1.807, 2.05) is 13.8 Å². The van der Waals surface area contributed by atoms with Gasteiger partial charge in [-0.25, -0.2) is 0 Å². The van der Waals surface area contributed by atoms with Crippen molar-refractivity contribution in [1.29, 1.82) is 0 Å². The first-order valence-corrected chi connectivity index (χ1v) is 6.44. The molecule has 0 aliphatic rings. The lowest BCUT2D eigenvalue weighted by atomic mass is 10.0. The van der Waals surface area contributed by atoms with E-state index < -0.39 is 0 Å². The highest BCUT2D eigenvalue weighted by atomic mass is 14.0. The highest BCUT2D eigenvalue weighted by Crippen LogP contribution is 2.08. The van der Waals surface area contributed by atoms with Crippen LogP contribution >= 0.6 is 0 Å². The predicted molar refractivity (Wildman–Crippen MR) is 76.4 cm³/mol. The minimum absolute atomic E-state index is 1.13. The summed E-state index contributed by atoms with van der Waals surface area (Å²) in [5, 5.41) is 0. The molecule has 0 radical (unpaired) electrons. The van der Waals surface area contributed by atoms with Gasteiger partial charge in [0.2, 0.25) is 0 Å². The van der Waals surface area contributed by atoms with E-state index in [2.05, 4.69) is 61.5 Å². The quantitative estimate of drug-likeness (QED) is 0.704. The Kier molecular flexibility index (Phi) is 6.09. The molecule has 2 aromatic carbocycles. The Morgan fingerprint density at radius 3 is 1.94 bits per heavy atom. The summed E-state index contributed by atoms with van der Waals surface area (Å²) >= 11 is 0. The van der Waals surface area contributed by atoms with E-state index in [1.165, 1.54) is 16.7 Å². The molecule has 0 amide bonds. The minimum Gasteiger partial charge on any atom is -0.0683 e. The van der Waals surface area contributed by atoms with Crippen LogP contribution < -0.4 is 0 Å². The largest absolute Gasteiger partial charge is 0.0683 e. The smallest absolute Gasteiger partial charge is 0.0238 e. The van der Waals surface area contributed by atoms with Gasteiger partial charge in [0.1, 0.15) is 0 Å². The van der Waals surface area contributed by atoms with Gasteiger partial charge in [-0.15, -0.1) is 0 Å². The molecule has 0 saturated heterocycles. The monoisotopic (exact) mass is 226 g/mol. The molecule has 0 aliphatic carbocycles. The summed E-state index contributed by atoms with van der Waals surface area (Å²) in [7, 11) is 0. The third kappa shape index (κ3) is 4.86. The van der Waals surface area contributed by atoms with Crippen molar-refractivity contribution < 1.29 is 0 Å². The van der Waals surface area contributed by atoms with Crippen molar-refractivity contribution >= 4 is 0 Å². The lowest BCUT2D eigenvalue weighted by Crippen LogP contribution is -1.91. The van der Waals surface area contributed by atoms with Crippen molar-refractivity contribution in [3.05, 3.63) is 71.3 Å². The van der Waals surface area contributed by atoms with Gasteiger partial charge in [0.15, 0.2) is 0 Å². The molecule has 0 aliphatic heterocycles. The van der Waals surface area contributed by atoms with Crippen LogP contribution in [0.2, 0.25) is 0 Å². The Bertz CT molecular complexity index is 415. The first-order valence-electron chi connectivity index (χ1n) is 6.44. The molecule has 2 rings (SSSR count). The molecule has 0 atom stereocenters. The van der Waals surface area contributed by atoms with Gasteiger partial charge in [-0.05, 0) is 30.9 Å². The number of hydrogen-bond acceptors (Lipinski definition) is 0. The highest BCUT2D eigenvalue weighted by Gasteiger charge is 1.95. The molecule has 2 aromatic rings. The van der Waals surface area contributed by atoms with E-state index in [0.717, 1.165) is 12.8 Å². The highest BCUT2D eigenvalue weighted by molar-refractivity contribution is 5.24. The summed E-state index contributed by atoms with van der Waals surface area (Å²) in [5.41, 5.74) is 4.19. The molecule has 0 heteroatoms. The lowest BCUT2D eigenvalue weighted by molar-refractivity contribution is 0.958. The van der Waals surface area contributed by atoms with Crippen LogP contribution in [0, 0.1) is 6.92 Å². The Morgan fingerprint density at radius 1 is 0.706 bits per heavy atom. The van der Waals surface area contributed by atoms with Gasteiger partial charge in [-0.2, -0.15) is 0 Å². The molecule has 0 aromatic heterocycles. The van der Waals surface area contributed by atoms with E-state index in [4.69, 9.17) is 0 Å². The van der Waals surface area contributed by atoms with E-state index in [0.29, 0.717) is 0 Å². The third-order valence-corrected chi connectivity index (χ3v) is 2.63. The molecule has 0 heterocycles. The second-order valence-electron chi connectivity index (χ2n) is 3.97. The summed E-state index contributed by atoms with van der Waals surface area (Å²) in [5.74, 6) is 0. The van der Waals surface area contributed by atoms with E-state index >= 15 is 0 Å². The van der Waals surface area contributed by atoms with Gasteiger partial charge in [-0.3, -0.25) is 0 Å². The van der Waals surface area contributed by atoms with Crippen molar-refractivity contribution in [2.45, 2.75) is 33.6 Å². The zero-order chi connectivity index (χ0) is 12.5. The summed E-state index contributed by atoms with van der Waals surface area (Å²) in [6.07, 6.45) is 2.26. The van der Waals surface area contributed by atoms with Crippen LogP contribution in [0.15, 0.2) is 54.6 Å². The SMILES string of the molecule is CC.Cc1cccc(CCc2ccccc2)c1. The van der Waals surface area contributed by atoms with Gasteiger partial charge < -0.3 is 0 Å². The molecule has 0 fully saturated rings. The first-order chi connectivity index (χ1) is 8.34. The molecule has 0 unspecified atom stereocenters. The van der Waals surface area contributed by atoms with Crippen LogP contribution in [0.25, 0.3) is 0 Å². The summed E-state index contributed by atoms with van der Waals surface area (Å²) < 4.78 is 0. The molecular formula is C17H22. The van der Waals surface area contributed by atoms with Crippen molar-refractivity contribution in [2.75, 3.05) is 0 Å². The molecule has 0 N–H and O–H groups in total. The maximum atomic E-state index is 2.27. The average molecular weight is 226 g/mol. The van der Waals surface area contributed by atoms with Crippen LogP contribution in [0.4, 0.5) is 0 Å². The predicted octanol–water partition coefficient (Wildman–Crippen LogP) is 4.81. The Balaban J connectivity index is 0.000000686. The van der Waals surface area contributed by atoms with Crippen molar-refractivity contribution in [3.8, 4) is 0 Å². The average Bonchev–Trinajstić information content (AvgIpc) is 2.40. The van der Waals surface area contributed by atoms with Crippen LogP contribution in [-0.2, 0) is 12.8 Å². The maximum Gasteiger partial charge on any atom is -0.0238 e. The molecular weight excluding hydrogens is 204 g/mol. The van der Waals surface area contributed by atoms with E-state index in [1.54, 1.807) is 0 Å². The standard InChI is InChI=1S/C15H16.C2H6/c1-13-6-5-9-15(12-13)11-10-14-7-3-2-4-8-14;1-2/h2-9,12H,10-11H2,1H3;1-2H3. The Morgan fingerprint density at radius 2 is 1.29 bits per heavy atom. The normalized spacial score (nSPS) is 9.35. The fourth-order valence-electron chi connectivity index (χ4n) is 1.80. The van der Waals surface area contributed by atoms with Crippen molar-refractivity contribution in [1.82, 2.24) is 0 Å². The van der Waals surface area contributed by atoms with E-state index in [-0.39, 0.29) is 0 Å². The van der Waals surface area contributed by atoms with Gasteiger partial charge in [0.25, 0.3) is 0 Å². The molecule has 90 valence electrons. The topological polar surface area (TPSA) is 0 Å². The van der Waals surface area contributed by atoms with Gasteiger partial charge in [0, 0.05) is 0 Å². The summed E-state index contributed by atoms with van der Waals surface area (Å²) in [4.78, 5) is 0. The molecule has 17 heavy (non-hydrogen) atoms. The fraction of sp³-hybridized carbons (Fsp3) is 0.294. The van der Waals surface area contributed by atoms with Crippen LogP contribution in [0.3, 0.4) is 0 Å². The number of aryl methyl sites for hydroxylation is 3. The second kappa shape index (κ2) is 7.67. The summed E-state index contributed by atoms with van der Waals surface area (Å²) in [6, 6.07) is 19.4. The maximum absolute atomic E-state index is 2.27. The van der Waals surface area contributed by atoms with Crippen LogP contribution in [0.5, 0.6) is 0 Å². The number of rotatable bonds is 3. The lowest BCUT2D eigenvalue weighted by Gasteiger charge is -2.02. The zero-order valence-electron chi connectivity index (χ0n) is 11.1. The number of hydrogen-bond donors (Lipinski definition) is 0. The fourth-order valence-corrected chi connectivity index (χ4v) is 1.80. The van der Waals surface area contributed by atoms with Crippen LogP contribution in [-0.4, -0.2) is 0 Å². The van der Waals surface area contributed by atoms with Crippen molar-refractivity contribution in [2.24, 2.45) is 0 Å². The minimum atomic E-state index is 1.13. The van der Waals surface area contributed by atoms with Gasteiger partial charge in [0.05, 0.1) is 0 Å². The zero-order valence-corrected chi connectivity index (χ0v) is 11.1. The van der Waals surface area contributed by atoms with Gasteiger partial charge >= 0.3 is 0 Å². The third-order valence-electron chi connectivity index (χ3n) is 2.63. The summed E-state index contributed by atoms with van der Waals surface area (Å²) in [6.45, 7) is 6.14. The molecule has 0 nitrogen and oxygen atoms in total. The van der Waals surface area contributed by atoms with E-state index in [9.17, 15) is 0 Å².